The van der Waals surface area contributed by atoms with Gasteiger partial charge in [0, 0.05) is 25.7 Å². The van der Waals surface area contributed by atoms with E-state index in [1.54, 1.807) is 4.90 Å². The third-order valence-corrected chi connectivity index (χ3v) is 3.58. The Morgan fingerprint density at radius 3 is 2.80 bits per heavy atom. The fraction of sp³-hybridized carbons (Fsp3) is 0.909. The van der Waals surface area contributed by atoms with Crippen LogP contribution >= 0.6 is 0 Å². The lowest BCUT2D eigenvalue weighted by atomic mass is 9.91. The van der Waals surface area contributed by atoms with Crippen LogP contribution < -0.4 is 11.1 Å². The second kappa shape index (κ2) is 4.49. The van der Waals surface area contributed by atoms with Crippen molar-refractivity contribution in [3.63, 3.8) is 0 Å². The highest BCUT2D eigenvalue weighted by atomic mass is 16.2. The predicted molar refractivity (Wildman–Crippen MR) is 59.4 cm³/mol. The van der Waals surface area contributed by atoms with Crippen molar-refractivity contribution in [3.8, 4) is 0 Å². The minimum absolute atomic E-state index is 0.0466. The maximum Gasteiger partial charge on any atom is 0.239 e. The van der Waals surface area contributed by atoms with Gasteiger partial charge in [-0.2, -0.15) is 0 Å². The molecule has 0 aromatic carbocycles. The molecule has 3 unspecified atom stereocenters. The molecular weight excluding hydrogens is 190 g/mol. The van der Waals surface area contributed by atoms with Gasteiger partial charge in [0.25, 0.3) is 0 Å². The van der Waals surface area contributed by atoms with Crippen molar-refractivity contribution in [2.24, 2.45) is 5.73 Å². The first-order chi connectivity index (χ1) is 7.16. The number of likely N-dealkylation sites (tertiary alicyclic amines) is 1. The number of amides is 1. The Kier molecular flexibility index (Phi) is 3.26. The van der Waals surface area contributed by atoms with Gasteiger partial charge >= 0.3 is 0 Å². The van der Waals surface area contributed by atoms with Crippen molar-refractivity contribution in [2.75, 3.05) is 13.6 Å². The zero-order chi connectivity index (χ0) is 10.8. The number of nitrogens with two attached hydrogens (primary N) is 1. The van der Waals surface area contributed by atoms with Crippen LogP contribution in [0.5, 0.6) is 0 Å². The van der Waals surface area contributed by atoms with Gasteiger partial charge in [0.15, 0.2) is 0 Å². The second-order valence-corrected chi connectivity index (χ2v) is 4.89. The van der Waals surface area contributed by atoms with E-state index in [0.717, 1.165) is 25.8 Å². The number of nitrogens with one attached hydrogen (secondary N) is 1. The lowest BCUT2D eigenvalue weighted by molar-refractivity contribution is -0.128. The molecule has 1 aliphatic carbocycles. The molecule has 2 rings (SSSR count). The predicted octanol–water partition coefficient (Wildman–Crippen LogP) is 0.0766. The molecule has 1 aliphatic heterocycles. The maximum atomic E-state index is 11.7. The first-order valence-corrected chi connectivity index (χ1v) is 5.93. The van der Waals surface area contributed by atoms with Crippen molar-refractivity contribution in [1.29, 1.82) is 0 Å². The first kappa shape index (κ1) is 10.9. The Hall–Kier alpha value is -0.610. The number of carbonyl (C=O) groups is 1. The van der Waals surface area contributed by atoms with Gasteiger partial charge in [-0.3, -0.25) is 4.79 Å². The van der Waals surface area contributed by atoms with Crippen molar-refractivity contribution in [3.05, 3.63) is 0 Å². The zero-order valence-electron chi connectivity index (χ0n) is 9.41. The Bertz CT molecular complexity index is 244. The fourth-order valence-corrected chi connectivity index (χ4v) is 2.64. The van der Waals surface area contributed by atoms with Crippen LogP contribution in [0.4, 0.5) is 0 Å². The van der Waals surface area contributed by atoms with E-state index in [2.05, 4.69) is 5.32 Å². The molecule has 3 N–H and O–H groups in total. The average molecular weight is 211 g/mol. The average Bonchev–Trinajstić information content (AvgIpc) is 2.50. The van der Waals surface area contributed by atoms with Gasteiger partial charge in [0.05, 0.1) is 6.04 Å². The Morgan fingerprint density at radius 2 is 2.20 bits per heavy atom. The van der Waals surface area contributed by atoms with Gasteiger partial charge < -0.3 is 16.0 Å². The molecule has 1 saturated carbocycles. The van der Waals surface area contributed by atoms with Crippen molar-refractivity contribution in [1.82, 2.24) is 10.2 Å². The fourth-order valence-electron chi connectivity index (χ4n) is 2.64. The summed E-state index contributed by atoms with van der Waals surface area (Å²) in [6.45, 7) is 0.884. The quantitative estimate of drug-likeness (QED) is 0.680. The highest BCUT2D eigenvalue weighted by molar-refractivity contribution is 5.83. The SMILES string of the molecule is CN1CCC(NC2CCCC(N)C2)C1=O. The van der Waals surface area contributed by atoms with Gasteiger partial charge in [-0.05, 0) is 25.7 Å². The highest BCUT2D eigenvalue weighted by Crippen LogP contribution is 2.19. The van der Waals surface area contributed by atoms with Crippen molar-refractivity contribution < 1.29 is 4.79 Å². The van der Waals surface area contributed by atoms with Crippen LogP contribution in [0, 0.1) is 0 Å². The Morgan fingerprint density at radius 1 is 1.40 bits per heavy atom. The van der Waals surface area contributed by atoms with Gasteiger partial charge in [-0.25, -0.2) is 0 Å². The molecule has 0 radical (unpaired) electrons. The summed E-state index contributed by atoms with van der Waals surface area (Å²) in [5.41, 5.74) is 5.93. The van der Waals surface area contributed by atoms with E-state index >= 15 is 0 Å². The Balaban J connectivity index is 1.83. The molecular formula is C11H21N3O. The topological polar surface area (TPSA) is 58.4 Å². The maximum absolute atomic E-state index is 11.7. The normalized spacial score (nSPS) is 37.3. The van der Waals surface area contributed by atoms with Gasteiger partial charge in [-0.15, -0.1) is 0 Å². The summed E-state index contributed by atoms with van der Waals surface area (Å²) in [7, 11) is 1.87. The summed E-state index contributed by atoms with van der Waals surface area (Å²) in [4.78, 5) is 13.5. The summed E-state index contributed by atoms with van der Waals surface area (Å²) in [6, 6.07) is 0.824. The highest BCUT2D eigenvalue weighted by Gasteiger charge is 2.31. The summed E-state index contributed by atoms with van der Waals surface area (Å²) in [5, 5.41) is 3.46. The van der Waals surface area contributed by atoms with Crippen LogP contribution in [-0.2, 0) is 4.79 Å². The molecule has 2 fully saturated rings. The number of likely N-dealkylation sites (N-methyl/N-ethyl adjacent to an activating group) is 1. The van der Waals surface area contributed by atoms with Crippen LogP contribution in [0.2, 0.25) is 0 Å². The monoisotopic (exact) mass is 211 g/mol. The number of rotatable bonds is 2. The lowest BCUT2D eigenvalue weighted by Crippen LogP contribution is -2.47. The van der Waals surface area contributed by atoms with Gasteiger partial charge in [0.2, 0.25) is 5.91 Å². The van der Waals surface area contributed by atoms with Crippen LogP contribution in [0.1, 0.15) is 32.1 Å². The number of hydrogen-bond acceptors (Lipinski definition) is 3. The lowest BCUT2D eigenvalue weighted by Gasteiger charge is -2.29. The van der Waals surface area contributed by atoms with E-state index in [0.29, 0.717) is 12.1 Å². The minimum Gasteiger partial charge on any atom is -0.344 e. The number of nitrogens with zero attached hydrogens (tertiary/aromatic N) is 1. The second-order valence-electron chi connectivity index (χ2n) is 4.89. The summed E-state index contributed by atoms with van der Waals surface area (Å²) >= 11 is 0. The van der Waals surface area contributed by atoms with Crippen molar-refractivity contribution >= 4 is 5.91 Å². The Labute approximate surface area is 91.2 Å². The van der Waals surface area contributed by atoms with Gasteiger partial charge in [-0.1, -0.05) is 6.42 Å². The summed E-state index contributed by atoms with van der Waals surface area (Å²) in [6.07, 6.45) is 5.46. The number of hydrogen-bond donors (Lipinski definition) is 2. The third kappa shape index (κ3) is 2.49. The van der Waals surface area contributed by atoms with Gasteiger partial charge in [0.1, 0.15) is 0 Å². The molecule has 0 aromatic rings. The molecule has 1 saturated heterocycles. The molecule has 1 heterocycles. The third-order valence-electron chi connectivity index (χ3n) is 3.58. The molecule has 1 amide bonds. The van der Waals surface area contributed by atoms with Crippen molar-refractivity contribution in [2.45, 2.75) is 50.2 Å². The van der Waals surface area contributed by atoms with Crippen LogP contribution in [0.25, 0.3) is 0 Å². The molecule has 0 spiro atoms. The van der Waals surface area contributed by atoms with Crippen LogP contribution in [0.15, 0.2) is 0 Å². The standard InChI is InChI=1S/C11H21N3O/c1-14-6-5-10(11(14)15)13-9-4-2-3-8(12)7-9/h8-10,13H,2-7,12H2,1H3. The molecule has 3 atom stereocenters. The zero-order valence-corrected chi connectivity index (χ0v) is 9.41. The molecule has 2 aliphatic rings. The first-order valence-electron chi connectivity index (χ1n) is 5.93. The van der Waals surface area contributed by atoms with E-state index in [1.807, 2.05) is 7.05 Å². The van der Waals surface area contributed by atoms with E-state index in [4.69, 9.17) is 5.73 Å². The molecule has 0 aromatic heterocycles. The number of carbonyl (C=O) groups excluding carboxylic acids is 1. The van der Waals surface area contributed by atoms with E-state index in [1.165, 1.54) is 12.8 Å². The summed E-state index contributed by atoms with van der Waals surface area (Å²) < 4.78 is 0. The minimum atomic E-state index is 0.0466. The smallest absolute Gasteiger partial charge is 0.239 e. The van der Waals surface area contributed by atoms with E-state index in [-0.39, 0.29) is 11.9 Å². The summed E-state index contributed by atoms with van der Waals surface area (Å²) in [5.74, 6) is 0.245. The van der Waals surface area contributed by atoms with Crippen LogP contribution in [-0.4, -0.2) is 42.5 Å². The molecule has 15 heavy (non-hydrogen) atoms. The molecule has 86 valence electrons. The molecule has 4 heteroatoms. The largest absolute Gasteiger partial charge is 0.344 e. The van der Waals surface area contributed by atoms with Crippen LogP contribution in [0.3, 0.4) is 0 Å². The van der Waals surface area contributed by atoms with E-state index < -0.39 is 0 Å². The molecule has 0 bridgehead atoms. The molecule has 4 nitrogen and oxygen atoms in total. The van der Waals surface area contributed by atoms with E-state index in [9.17, 15) is 4.79 Å².